The highest BCUT2D eigenvalue weighted by Crippen LogP contribution is 2.63. The minimum Gasteiger partial charge on any atom is -0.508 e. The molecule has 1 aromatic carbocycles. The minimum absolute atomic E-state index is 0.0681. The fourth-order valence-electron chi connectivity index (χ4n) is 6.30. The molecule has 0 atom stereocenters. The lowest BCUT2D eigenvalue weighted by Crippen LogP contribution is -2.49. The van der Waals surface area contributed by atoms with Crippen LogP contribution in [-0.2, 0) is 10.8 Å². The van der Waals surface area contributed by atoms with Crippen molar-refractivity contribution in [3.63, 3.8) is 0 Å². The second-order valence-electron chi connectivity index (χ2n) is 9.74. The molecule has 0 aromatic heterocycles. The van der Waals surface area contributed by atoms with Crippen molar-refractivity contribution < 1.29 is 10.2 Å². The third-order valence-corrected chi connectivity index (χ3v) is 6.90. The van der Waals surface area contributed by atoms with Crippen molar-refractivity contribution in [2.45, 2.75) is 77.0 Å². The molecule has 0 saturated heterocycles. The van der Waals surface area contributed by atoms with Crippen LogP contribution >= 0.6 is 0 Å². The maximum atomic E-state index is 11.0. The van der Waals surface area contributed by atoms with Crippen LogP contribution in [0.25, 0.3) is 0 Å². The lowest BCUT2D eigenvalue weighted by atomic mass is 9.47. The van der Waals surface area contributed by atoms with Crippen LogP contribution in [0, 0.1) is 24.7 Å². The van der Waals surface area contributed by atoms with E-state index in [0.717, 1.165) is 23.3 Å². The van der Waals surface area contributed by atoms with E-state index in [1.165, 1.54) is 44.1 Å². The molecule has 4 saturated carbocycles. The van der Waals surface area contributed by atoms with Gasteiger partial charge in [0.25, 0.3) is 0 Å². The standard InChI is InChI=1S/C21H30O2/c1-12-17(22)8-16(20(2,3)4)18(19(12)23)21-9-13-5-14(10-21)7-15(6-13)11-21/h8,13-15,22-23H,5-7,9-11H2,1-4H3. The highest BCUT2D eigenvalue weighted by molar-refractivity contribution is 5.57. The van der Waals surface area contributed by atoms with Gasteiger partial charge in [0.2, 0.25) is 0 Å². The predicted octanol–water partition coefficient (Wildman–Crippen LogP) is 5.17. The first-order valence-corrected chi connectivity index (χ1v) is 9.26. The summed E-state index contributed by atoms with van der Waals surface area (Å²) in [5.74, 6) is 3.16. The van der Waals surface area contributed by atoms with Gasteiger partial charge >= 0.3 is 0 Å². The Hall–Kier alpha value is -1.18. The number of aromatic hydroxyl groups is 2. The van der Waals surface area contributed by atoms with Crippen LogP contribution in [0.15, 0.2) is 6.07 Å². The van der Waals surface area contributed by atoms with E-state index in [2.05, 4.69) is 20.8 Å². The normalized spacial score (nSPS) is 35.7. The van der Waals surface area contributed by atoms with Gasteiger partial charge < -0.3 is 10.2 Å². The van der Waals surface area contributed by atoms with Crippen LogP contribution in [-0.4, -0.2) is 10.2 Å². The second-order valence-corrected chi connectivity index (χ2v) is 9.74. The van der Waals surface area contributed by atoms with Gasteiger partial charge in [0, 0.05) is 16.5 Å². The molecule has 0 spiro atoms. The number of phenols is 2. The quantitative estimate of drug-likeness (QED) is 0.750. The molecule has 0 aliphatic heterocycles. The van der Waals surface area contributed by atoms with Crippen LogP contribution in [0.4, 0.5) is 0 Å². The molecule has 2 N–H and O–H groups in total. The lowest BCUT2D eigenvalue weighted by Gasteiger charge is -2.58. The van der Waals surface area contributed by atoms with Crippen LogP contribution in [0.5, 0.6) is 11.5 Å². The van der Waals surface area contributed by atoms with Gasteiger partial charge in [0.15, 0.2) is 0 Å². The van der Waals surface area contributed by atoms with Crippen molar-refractivity contribution in [1.29, 1.82) is 0 Å². The molecule has 5 rings (SSSR count). The molecule has 0 heterocycles. The van der Waals surface area contributed by atoms with E-state index in [1.54, 1.807) is 0 Å². The SMILES string of the molecule is Cc1c(O)cc(C(C)(C)C)c(C23CC4CC(CC(C4)C2)C3)c1O. The van der Waals surface area contributed by atoms with Crippen molar-refractivity contribution in [3.05, 3.63) is 22.8 Å². The van der Waals surface area contributed by atoms with Crippen molar-refractivity contribution in [3.8, 4) is 11.5 Å². The summed E-state index contributed by atoms with van der Waals surface area (Å²) in [6, 6.07) is 1.93. The average Bonchev–Trinajstić information content (AvgIpc) is 2.41. The zero-order valence-corrected chi connectivity index (χ0v) is 14.9. The maximum Gasteiger partial charge on any atom is 0.126 e. The summed E-state index contributed by atoms with van der Waals surface area (Å²) in [7, 11) is 0. The zero-order valence-electron chi connectivity index (χ0n) is 14.9. The topological polar surface area (TPSA) is 40.5 Å². The van der Waals surface area contributed by atoms with E-state index in [-0.39, 0.29) is 16.6 Å². The molecule has 2 nitrogen and oxygen atoms in total. The molecular weight excluding hydrogens is 284 g/mol. The molecular formula is C21H30O2. The fraction of sp³-hybridized carbons (Fsp3) is 0.714. The maximum absolute atomic E-state index is 11.0. The Morgan fingerprint density at radius 3 is 1.87 bits per heavy atom. The number of hydrogen-bond acceptors (Lipinski definition) is 2. The van der Waals surface area contributed by atoms with E-state index >= 15 is 0 Å². The highest BCUT2D eigenvalue weighted by atomic mass is 16.3. The summed E-state index contributed by atoms with van der Waals surface area (Å²) >= 11 is 0. The first-order chi connectivity index (χ1) is 10.7. The van der Waals surface area contributed by atoms with Crippen molar-refractivity contribution in [1.82, 2.24) is 0 Å². The van der Waals surface area contributed by atoms with Crippen molar-refractivity contribution >= 4 is 0 Å². The van der Waals surface area contributed by atoms with Crippen LogP contribution in [0.2, 0.25) is 0 Å². The lowest BCUT2D eigenvalue weighted by molar-refractivity contribution is -0.00697. The molecule has 0 unspecified atom stereocenters. The molecule has 1 aromatic rings. The largest absolute Gasteiger partial charge is 0.508 e. The van der Waals surface area contributed by atoms with Crippen molar-refractivity contribution in [2.24, 2.45) is 17.8 Å². The summed E-state index contributed by atoms with van der Waals surface area (Å²) in [5.41, 5.74) is 3.07. The number of phenolic OH excluding ortho intramolecular Hbond substituents is 2. The van der Waals surface area contributed by atoms with Gasteiger partial charge in [-0.3, -0.25) is 0 Å². The molecule has 4 fully saturated rings. The molecule has 4 aliphatic carbocycles. The zero-order chi connectivity index (χ0) is 16.6. The number of rotatable bonds is 1. The first kappa shape index (κ1) is 15.4. The summed E-state index contributed by atoms with van der Waals surface area (Å²) < 4.78 is 0. The molecule has 126 valence electrons. The number of benzene rings is 1. The Balaban J connectivity index is 1.93. The predicted molar refractivity (Wildman–Crippen MR) is 93.1 cm³/mol. The van der Waals surface area contributed by atoms with Crippen LogP contribution < -0.4 is 0 Å². The van der Waals surface area contributed by atoms with E-state index in [4.69, 9.17) is 0 Å². The average molecular weight is 314 g/mol. The van der Waals surface area contributed by atoms with Gasteiger partial charge in [-0.2, -0.15) is 0 Å². The molecule has 0 amide bonds. The first-order valence-electron chi connectivity index (χ1n) is 9.26. The fourth-order valence-corrected chi connectivity index (χ4v) is 6.30. The van der Waals surface area contributed by atoms with E-state index in [0.29, 0.717) is 11.3 Å². The molecule has 2 heteroatoms. The van der Waals surface area contributed by atoms with Gasteiger partial charge in [-0.05, 0) is 80.2 Å². The van der Waals surface area contributed by atoms with E-state index in [9.17, 15) is 10.2 Å². The van der Waals surface area contributed by atoms with Gasteiger partial charge in [-0.1, -0.05) is 20.8 Å². The smallest absolute Gasteiger partial charge is 0.126 e. The van der Waals surface area contributed by atoms with E-state index < -0.39 is 0 Å². The Bertz CT molecular complexity index is 616. The molecule has 4 bridgehead atoms. The van der Waals surface area contributed by atoms with Gasteiger partial charge in [0.1, 0.15) is 11.5 Å². The Morgan fingerprint density at radius 2 is 1.43 bits per heavy atom. The minimum atomic E-state index is -0.0681. The van der Waals surface area contributed by atoms with E-state index in [1.807, 2.05) is 13.0 Å². The summed E-state index contributed by atoms with van der Waals surface area (Å²) in [4.78, 5) is 0. The molecule has 0 radical (unpaired) electrons. The number of hydrogen-bond donors (Lipinski definition) is 2. The monoisotopic (exact) mass is 314 g/mol. The third kappa shape index (κ3) is 2.21. The Kier molecular flexibility index (Phi) is 3.12. The third-order valence-electron chi connectivity index (χ3n) is 6.90. The summed E-state index contributed by atoms with van der Waals surface area (Å²) in [6.45, 7) is 8.43. The highest BCUT2D eigenvalue weighted by Gasteiger charge is 2.53. The second kappa shape index (κ2) is 4.68. The van der Waals surface area contributed by atoms with Gasteiger partial charge in [0.05, 0.1) is 0 Å². The molecule has 4 aliphatic rings. The van der Waals surface area contributed by atoms with Crippen LogP contribution in [0.1, 0.15) is 76.0 Å². The Morgan fingerprint density at radius 1 is 0.957 bits per heavy atom. The summed E-state index contributed by atoms with van der Waals surface area (Å²) in [6.07, 6.45) is 7.92. The van der Waals surface area contributed by atoms with Crippen LogP contribution in [0.3, 0.4) is 0 Å². The van der Waals surface area contributed by atoms with Gasteiger partial charge in [-0.15, -0.1) is 0 Å². The van der Waals surface area contributed by atoms with Crippen molar-refractivity contribution in [2.75, 3.05) is 0 Å². The Labute approximate surface area is 139 Å². The summed E-state index contributed by atoms with van der Waals surface area (Å²) in [5, 5.41) is 21.3. The van der Waals surface area contributed by atoms with Gasteiger partial charge in [-0.25, -0.2) is 0 Å². The molecule has 23 heavy (non-hydrogen) atoms.